The first-order chi connectivity index (χ1) is 12.4. The number of hydrogen-bond acceptors (Lipinski definition) is 3. The Hall–Kier alpha value is -1.50. The van der Waals surface area contributed by atoms with E-state index in [9.17, 15) is 18.4 Å². The summed E-state index contributed by atoms with van der Waals surface area (Å²) in [6, 6.07) is -0.0356. The second-order valence-corrected chi connectivity index (χ2v) is 7.55. The van der Waals surface area contributed by atoms with Crippen LogP contribution in [0.4, 0.5) is 8.78 Å². The van der Waals surface area contributed by atoms with E-state index in [0.29, 0.717) is 31.5 Å². The third kappa shape index (κ3) is 5.02. The van der Waals surface area contributed by atoms with Crippen molar-refractivity contribution >= 4 is 11.8 Å². The minimum atomic E-state index is -0.848. The quantitative estimate of drug-likeness (QED) is 0.641. The summed E-state index contributed by atoms with van der Waals surface area (Å²) in [6.07, 6.45) is 0.892. The molecule has 0 aliphatic carbocycles. The Bertz CT molecular complexity index is 553. The fourth-order valence-electron chi connectivity index (χ4n) is 3.98. The van der Waals surface area contributed by atoms with Gasteiger partial charge in [-0.2, -0.15) is 0 Å². The fourth-order valence-corrected chi connectivity index (χ4v) is 3.98. The van der Waals surface area contributed by atoms with Crippen LogP contribution in [0.5, 0.6) is 0 Å². The van der Waals surface area contributed by atoms with Crippen LogP contribution in [0.25, 0.3) is 0 Å². The lowest BCUT2D eigenvalue weighted by molar-refractivity contribution is -0.124. The van der Waals surface area contributed by atoms with Gasteiger partial charge in [-0.05, 0) is 32.1 Å². The Kier molecular flexibility index (Phi) is 7.55. The molecule has 26 heavy (non-hydrogen) atoms. The van der Waals surface area contributed by atoms with Gasteiger partial charge in [0.2, 0.25) is 11.8 Å². The minimum Gasteiger partial charge on any atom is -0.354 e. The molecule has 3 N–H and O–H groups in total. The van der Waals surface area contributed by atoms with Crippen LogP contribution in [0.15, 0.2) is 11.1 Å². The zero-order valence-electron chi connectivity index (χ0n) is 15.9. The zero-order valence-corrected chi connectivity index (χ0v) is 15.9. The largest absolute Gasteiger partial charge is 0.354 e. The van der Waals surface area contributed by atoms with E-state index >= 15 is 0 Å². The smallest absolute Gasteiger partial charge is 0.247 e. The molecule has 2 amide bonds. The Morgan fingerprint density at radius 2 is 2.12 bits per heavy atom. The maximum Gasteiger partial charge on any atom is 0.247 e. The molecule has 0 radical (unpaired) electrons. The topological polar surface area (TPSA) is 70.2 Å². The van der Waals surface area contributed by atoms with Crippen molar-refractivity contribution in [1.29, 1.82) is 0 Å². The number of amides is 2. The monoisotopic (exact) mass is 371 g/mol. The van der Waals surface area contributed by atoms with Gasteiger partial charge in [-0.25, -0.2) is 4.39 Å². The van der Waals surface area contributed by atoms with Crippen LogP contribution >= 0.6 is 0 Å². The summed E-state index contributed by atoms with van der Waals surface area (Å²) >= 11 is 0. The predicted molar refractivity (Wildman–Crippen MR) is 97.1 cm³/mol. The molecule has 5 unspecified atom stereocenters. The first-order valence-corrected chi connectivity index (χ1v) is 9.57. The van der Waals surface area contributed by atoms with Crippen molar-refractivity contribution < 1.29 is 18.4 Å². The van der Waals surface area contributed by atoms with Gasteiger partial charge in [0.25, 0.3) is 0 Å². The van der Waals surface area contributed by atoms with E-state index in [4.69, 9.17) is 0 Å². The summed E-state index contributed by atoms with van der Waals surface area (Å²) in [4.78, 5) is 24.7. The number of nitrogens with one attached hydrogen (secondary N) is 3. The predicted octanol–water partition coefficient (Wildman–Crippen LogP) is 2.03. The molecule has 5 nitrogen and oxygen atoms in total. The number of piperidine rings is 1. The maximum absolute atomic E-state index is 13.5. The van der Waals surface area contributed by atoms with Gasteiger partial charge >= 0.3 is 0 Å². The summed E-state index contributed by atoms with van der Waals surface area (Å²) in [7, 11) is 0. The first kappa shape index (κ1) is 20.8. The SMILES string of the molecule is CCC1NC(=O)C(CC(=O)NCC2CC(C)C(F)CN2)=C(C)C1CCF. The first-order valence-electron chi connectivity index (χ1n) is 9.57. The summed E-state index contributed by atoms with van der Waals surface area (Å²) in [6.45, 7) is 5.93. The molecule has 148 valence electrons. The standard InChI is InChI=1S/C19H31F2N3O2/c1-4-17-14(5-6-20)12(3)15(19(26)24-17)8-18(25)23-9-13-7-11(2)16(21)10-22-13/h11,13-14,16-17,22H,4-10H2,1-3H3,(H,23,25)(H,24,26). The van der Waals surface area contributed by atoms with Gasteiger partial charge in [0.1, 0.15) is 6.17 Å². The van der Waals surface area contributed by atoms with Crippen molar-refractivity contribution in [3.63, 3.8) is 0 Å². The number of carbonyl (C=O) groups excluding carboxylic acids is 2. The molecule has 2 rings (SSSR count). The highest BCUT2D eigenvalue weighted by Crippen LogP contribution is 2.30. The van der Waals surface area contributed by atoms with E-state index < -0.39 is 12.8 Å². The Balaban J connectivity index is 1.94. The van der Waals surface area contributed by atoms with Gasteiger partial charge in [-0.1, -0.05) is 19.4 Å². The van der Waals surface area contributed by atoms with Crippen molar-refractivity contribution in [3.8, 4) is 0 Å². The van der Waals surface area contributed by atoms with Gasteiger partial charge in [-0.3, -0.25) is 14.0 Å². The average molecular weight is 371 g/mol. The van der Waals surface area contributed by atoms with Crippen LogP contribution in [0, 0.1) is 11.8 Å². The van der Waals surface area contributed by atoms with Gasteiger partial charge in [0.15, 0.2) is 0 Å². The van der Waals surface area contributed by atoms with E-state index in [2.05, 4.69) is 16.0 Å². The molecule has 0 spiro atoms. The van der Waals surface area contributed by atoms with Crippen molar-refractivity contribution in [3.05, 3.63) is 11.1 Å². The van der Waals surface area contributed by atoms with E-state index in [1.165, 1.54) is 0 Å². The van der Waals surface area contributed by atoms with Gasteiger partial charge in [-0.15, -0.1) is 0 Å². The molecule has 0 aromatic heterocycles. The molecule has 2 heterocycles. The molecule has 0 aromatic carbocycles. The van der Waals surface area contributed by atoms with Gasteiger partial charge in [0, 0.05) is 36.7 Å². The lowest BCUT2D eigenvalue weighted by Crippen LogP contribution is -2.50. The highest BCUT2D eigenvalue weighted by Gasteiger charge is 2.33. The van der Waals surface area contributed by atoms with Crippen LogP contribution in [-0.4, -0.2) is 49.8 Å². The molecule has 5 atom stereocenters. The average Bonchev–Trinajstić information content (AvgIpc) is 2.61. The van der Waals surface area contributed by atoms with Crippen LogP contribution in [0.2, 0.25) is 0 Å². The third-order valence-corrected chi connectivity index (χ3v) is 5.73. The van der Waals surface area contributed by atoms with Gasteiger partial charge in [0.05, 0.1) is 13.1 Å². The van der Waals surface area contributed by atoms with Crippen LogP contribution in [0.1, 0.15) is 46.5 Å². The number of rotatable bonds is 7. The third-order valence-electron chi connectivity index (χ3n) is 5.73. The van der Waals surface area contributed by atoms with Crippen molar-refractivity contribution in [2.24, 2.45) is 11.8 Å². The molecule has 0 bridgehead atoms. The molecule has 2 aliphatic rings. The van der Waals surface area contributed by atoms with Crippen LogP contribution < -0.4 is 16.0 Å². The van der Waals surface area contributed by atoms with E-state index in [1.54, 1.807) is 0 Å². The Morgan fingerprint density at radius 3 is 2.73 bits per heavy atom. The number of hydrogen-bond donors (Lipinski definition) is 3. The van der Waals surface area contributed by atoms with Crippen molar-refractivity contribution in [2.45, 2.75) is 64.7 Å². The lowest BCUT2D eigenvalue weighted by atomic mass is 9.81. The number of halogens is 2. The molecule has 1 fully saturated rings. The molecular weight excluding hydrogens is 340 g/mol. The molecule has 0 aromatic rings. The molecule has 1 saturated heterocycles. The molecule has 0 saturated carbocycles. The van der Waals surface area contributed by atoms with Crippen LogP contribution in [-0.2, 0) is 9.59 Å². The highest BCUT2D eigenvalue weighted by molar-refractivity contribution is 6.00. The molecule has 2 aliphatic heterocycles. The second-order valence-electron chi connectivity index (χ2n) is 7.55. The summed E-state index contributed by atoms with van der Waals surface area (Å²) in [5.74, 6) is -0.558. The maximum atomic E-state index is 13.5. The summed E-state index contributed by atoms with van der Waals surface area (Å²) in [5.41, 5.74) is 1.26. The van der Waals surface area contributed by atoms with E-state index in [1.807, 2.05) is 20.8 Å². The normalized spacial score (nSPS) is 32.3. The Morgan fingerprint density at radius 1 is 1.38 bits per heavy atom. The number of carbonyl (C=O) groups is 2. The molecule has 7 heteroatoms. The van der Waals surface area contributed by atoms with Crippen LogP contribution in [0.3, 0.4) is 0 Å². The highest BCUT2D eigenvalue weighted by atomic mass is 19.1. The molecular formula is C19H31F2N3O2. The van der Waals surface area contributed by atoms with Gasteiger partial charge < -0.3 is 16.0 Å². The Labute approximate surface area is 154 Å². The van der Waals surface area contributed by atoms with E-state index in [0.717, 1.165) is 12.0 Å². The van der Waals surface area contributed by atoms with E-state index in [-0.39, 0.29) is 42.2 Å². The summed E-state index contributed by atoms with van der Waals surface area (Å²) in [5, 5.41) is 8.83. The van der Waals surface area contributed by atoms with Crippen molar-refractivity contribution in [1.82, 2.24) is 16.0 Å². The number of alkyl halides is 2. The zero-order chi connectivity index (χ0) is 19.3. The second kappa shape index (κ2) is 9.44. The minimum absolute atomic E-state index is 0.00903. The van der Waals surface area contributed by atoms with Crippen molar-refractivity contribution in [2.75, 3.05) is 19.8 Å². The fraction of sp³-hybridized carbons (Fsp3) is 0.789. The summed E-state index contributed by atoms with van der Waals surface area (Å²) < 4.78 is 26.4. The lowest BCUT2D eigenvalue weighted by Gasteiger charge is -2.34.